The van der Waals surface area contributed by atoms with Crippen molar-refractivity contribution in [3.05, 3.63) is 34.9 Å². The average Bonchev–Trinajstić information content (AvgIpc) is 1.97. The minimum Gasteiger partial charge on any atom is -0.289 e. The predicted molar refractivity (Wildman–Crippen MR) is 63.8 cm³/mol. The van der Waals surface area contributed by atoms with Crippen LogP contribution in [0.15, 0.2) is 18.2 Å². The minimum atomic E-state index is -2.92. The number of hydrogen-bond acceptors (Lipinski definition) is 1. The van der Waals surface area contributed by atoms with Crippen LogP contribution in [-0.2, 0) is 11.0 Å². The molecule has 14 heavy (non-hydrogen) atoms. The van der Waals surface area contributed by atoms with Crippen LogP contribution in [0.2, 0.25) is 0 Å². The van der Waals surface area contributed by atoms with Gasteiger partial charge in [0.1, 0.15) is 0 Å². The summed E-state index contributed by atoms with van der Waals surface area (Å²) in [6.07, 6.45) is 1.02. The Labute approximate surface area is 94.4 Å². The lowest BCUT2D eigenvalue weighted by Crippen LogP contribution is -1.91. The van der Waals surface area contributed by atoms with Crippen molar-refractivity contribution < 1.29 is 4.57 Å². The van der Waals surface area contributed by atoms with Crippen LogP contribution in [0.1, 0.15) is 16.7 Å². The van der Waals surface area contributed by atoms with Gasteiger partial charge in [0, 0.05) is 6.16 Å². The fourth-order valence-electron chi connectivity index (χ4n) is 1.47. The van der Waals surface area contributed by atoms with Gasteiger partial charge >= 0.3 is 0 Å². The normalized spacial score (nSPS) is 11.7. The molecule has 0 aliphatic heterocycles. The lowest BCUT2D eigenvalue weighted by Gasteiger charge is -2.05. The van der Waals surface area contributed by atoms with Crippen LogP contribution in [-0.4, -0.2) is 6.16 Å². The van der Waals surface area contributed by atoms with E-state index in [4.69, 9.17) is 22.5 Å². The standard InChI is InChI=1S/C10H13Cl2OP/c1-8-5-9(2)7-10(6-8)3-4-14(11,12)13/h5-7H,3-4H2,1-2H3. The summed E-state index contributed by atoms with van der Waals surface area (Å²) in [5.41, 5.74) is 3.56. The summed E-state index contributed by atoms with van der Waals surface area (Å²) < 4.78 is 11.1. The third-order valence-electron chi connectivity index (χ3n) is 1.94. The van der Waals surface area contributed by atoms with Gasteiger partial charge in [-0.2, -0.15) is 0 Å². The van der Waals surface area contributed by atoms with Crippen LogP contribution in [0.3, 0.4) is 0 Å². The van der Waals surface area contributed by atoms with Crippen molar-refractivity contribution in [3.8, 4) is 0 Å². The molecule has 1 aromatic carbocycles. The van der Waals surface area contributed by atoms with E-state index in [1.54, 1.807) is 0 Å². The molecule has 78 valence electrons. The van der Waals surface area contributed by atoms with Gasteiger partial charge in [-0.15, -0.1) is 0 Å². The number of benzene rings is 1. The molecule has 0 unspecified atom stereocenters. The van der Waals surface area contributed by atoms with Gasteiger partial charge in [-0.25, -0.2) is 0 Å². The van der Waals surface area contributed by atoms with E-state index in [-0.39, 0.29) is 0 Å². The highest BCUT2D eigenvalue weighted by molar-refractivity contribution is 8.08. The molecule has 0 spiro atoms. The Kier molecular flexibility index (Phi) is 4.06. The Hall–Kier alpha value is 0.0300. The Morgan fingerprint density at radius 2 is 1.64 bits per heavy atom. The summed E-state index contributed by atoms with van der Waals surface area (Å²) >= 11 is 11.0. The van der Waals surface area contributed by atoms with Crippen LogP contribution in [0, 0.1) is 13.8 Å². The van der Waals surface area contributed by atoms with Crippen molar-refractivity contribution in [2.45, 2.75) is 20.3 Å². The lowest BCUT2D eigenvalue weighted by atomic mass is 10.1. The van der Waals surface area contributed by atoms with Gasteiger partial charge in [-0.3, -0.25) is 4.57 Å². The second-order valence-electron chi connectivity index (χ2n) is 3.54. The van der Waals surface area contributed by atoms with Crippen molar-refractivity contribution in [2.75, 3.05) is 6.16 Å². The quantitative estimate of drug-likeness (QED) is 0.722. The number of hydrogen-bond donors (Lipinski definition) is 0. The van der Waals surface area contributed by atoms with E-state index in [9.17, 15) is 4.57 Å². The summed E-state index contributed by atoms with van der Waals surface area (Å²) in [7, 11) is 0. The lowest BCUT2D eigenvalue weighted by molar-refractivity contribution is 0.592. The smallest absolute Gasteiger partial charge is 0.253 e. The van der Waals surface area contributed by atoms with Crippen LogP contribution in [0.4, 0.5) is 0 Å². The van der Waals surface area contributed by atoms with Crippen LogP contribution in [0.5, 0.6) is 0 Å². The van der Waals surface area contributed by atoms with Crippen LogP contribution >= 0.6 is 28.3 Å². The molecule has 1 nitrogen and oxygen atoms in total. The van der Waals surface area contributed by atoms with Gasteiger partial charge in [0.2, 0.25) is 0 Å². The first-order valence-corrected chi connectivity index (χ1v) is 8.12. The first-order chi connectivity index (χ1) is 6.37. The molecule has 0 fully saturated rings. The largest absolute Gasteiger partial charge is 0.289 e. The van der Waals surface area contributed by atoms with Crippen molar-refractivity contribution in [1.82, 2.24) is 0 Å². The highest BCUT2D eigenvalue weighted by atomic mass is 35.9. The highest BCUT2D eigenvalue weighted by Gasteiger charge is 2.13. The molecule has 0 radical (unpaired) electrons. The van der Waals surface area contributed by atoms with E-state index < -0.39 is 5.85 Å². The van der Waals surface area contributed by atoms with Crippen molar-refractivity contribution >= 4 is 28.3 Å². The van der Waals surface area contributed by atoms with Gasteiger partial charge in [0.15, 0.2) is 0 Å². The first-order valence-electron chi connectivity index (χ1n) is 4.42. The summed E-state index contributed by atoms with van der Waals surface area (Å²) in [6, 6.07) is 6.23. The molecule has 4 heteroatoms. The molecule has 0 saturated carbocycles. The monoisotopic (exact) mass is 250 g/mol. The molecule has 0 N–H and O–H groups in total. The van der Waals surface area contributed by atoms with Crippen LogP contribution < -0.4 is 0 Å². The molecular weight excluding hydrogens is 238 g/mol. The highest BCUT2D eigenvalue weighted by Crippen LogP contribution is 2.56. The summed E-state index contributed by atoms with van der Waals surface area (Å²) in [5.74, 6) is -2.92. The summed E-state index contributed by atoms with van der Waals surface area (Å²) in [4.78, 5) is 0. The maximum Gasteiger partial charge on any atom is 0.253 e. The molecular formula is C10H13Cl2OP. The second-order valence-corrected chi connectivity index (χ2v) is 8.92. The molecule has 0 aliphatic carbocycles. The van der Waals surface area contributed by atoms with Gasteiger partial charge in [-0.1, -0.05) is 29.3 Å². The van der Waals surface area contributed by atoms with Gasteiger partial charge < -0.3 is 0 Å². The molecule has 1 rings (SSSR count). The summed E-state index contributed by atoms with van der Waals surface area (Å²) in [5, 5.41) is 0. The SMILES string of the molecule is Cc1cc(C)cc(CCP(=O)(Cl)Cl)c1. The average molecular weight is 251 g/mol. The molecule has 0 atom stereocenters. The zero-order valence-electron chi connectivity index (χ0n) is 8.26. The van der Waals surface area contributed by atoms with Crippen LogP contribution in [0.25, 0.3) is 0 Å². The van der Waals surface area contributed by atoms with Crippen molar-refractivity contribution in [3.63, 3.8) is 0 Å². The van der Waals surface area contributed by atoms with Gasteiger partial charge in [0.25, 0.3) is 5.85 Å². The molecule has 0 heterocycles. The second kappa shape index (κ2) is 4.70. The van der Waals surface area contributed by atoms with E-state index in [2.05, 4.69) is 18.2 Å². The molecule has 0 amide bonds. The van der Waals surface area contributed by atoms with Gasteiger partial charge in [0.05, 0.1) is 0 Å². The molecule has 0 aromatic heterocycles. The van der Waals surface area contributed by atoms with Crippen molar-refractivity contribution in [1.29, 1.82) is 0 Å². The molecule has 1 aromatic rings. The third kappa shape index (κ3) is 4.50. The van der Waals surface area contributed by atoms with E-state index in [0.717, 1.165) is 5.56 Å². The van der Waals surface area contributed by atoms with E-state index in [0.29, 0.717) is 12.6 Å². The maximum absolute atomic E-state index is 11.1. The fraction of sp³-hybridized carbons (Fsp3) is 0.400. The fourth-order valence-corrected chi connectivity index (χ4v) is 2.50. The maximum atomic E-state index is 11.1. The topological polar surface area (TPSA) is 17.1 Å². The Bertz CT molecular complexity index is 350. The molecule has 0 saturated heterocycles. The first kappa shape index (κ1) is 12.1. The van der Waals surface area contributed by atoms with E-state index in [1.165, 1.54) is 11.1 Å². The number of rotatable bonds is 3. The van der Waals surface area contributed by atoms with Gasteiger partial charge in [-0.05, 0) is 48.3 Å². The molecule has 0 bridgehead atoms. The Morgan fingerprint density at radius 3 is 2.07 bits per heavy atom. The van der Waals surface area contributed by atoms with E-state index in [1.807, 2.05) is 13.8 Å². The third-order valence-corrected chi connectivity index (χ3v) is 3.70. The predicted octanol–water partition coefficient (Wildman–Crippen LogP) is 4.52. The number of aryl methyl sites for hydroxylation is 3. The number of halogens is 2. The molecule has 0 aliphatic rings. The zero-order valence-corrected chi connectivity index (χ0v) is 10.7. The Morgan fingerprint density at radius 1 is 1.14 bits per heavy atom. The zero-order chi connectivity index (χ0) is 10.8. The minimum absolute atomic E-state index is 0.346. The Balaban J connectivity index is 2.73. The van der Waals surface area contributed by atoms with E-state index >= 15 is 0 Å². The van der Waals surface area contributed by atoms with Crippen molar-refractivity contribution in [2.24, 2.45) is 0 Å². The summed E-state index contributed by atoms with van der Waals surface area (Å²) in [6.45, 7) is 4.08.